The molecule has 0 unspecified atom stereocenters. The van der Waals surface area contributed by atoms with Crippen LogP contribution >= 0.6 is 22.9 Å². The quantitative estimate of drug-likeness (QED) is 0.816. The van der Waals surface area contributed by atoms with E-state index >= 15 is 0 Å². The van der Waals surface area contributed by atoms with Crippen molar-refractivity contribution >= 4 is 40.5 Å². The topological polar surface area (TPSA) is 77.5 Å². The molecule has 0 aliphatic rings. The highest BCUT2D eigenvalue weighted by atomic mass is 35.5. The van der Waals surface area contributed by atoms with Gasteiger partial charge in [-0.25, -0.2) is 9.78 Å². The summed E-state index contributed by atoms with van der Waals surface area (Å²) in [4.78, 5) is 28.8. The van der Waals surface area contributed by atoms with Gasteiger partial charge in [0.25, 0.3) is 5.91 Å². The van der Waals surface area contributed by atoms with Crippen molar-refractivity contribution in [3.8, 4) is 5.75 Å². The second kappa shape index (κ2) is 7.63. The van der Waals surface area contributed by atoms with Gasteiger partial charge in [0, 0.05) is 5.69 Å². The lowest BCUT2D eigenvalue weighted by molar-refractivity contribution is -0.123. The largest absolute Gasteiger partial charge is 0.495 e. The zero-order valence-corrected chi connectivity index (χ0v) is 15.2. The second-order valence-electron chi connectivity index (χ2n) is 5.03. The van der Waals surface area contributed by atoms with Crippen molar-refractivity contribution in [2.24, 2.45) is 0 Å². The number of amides is 1. The predicted molar refractivity (Wildman–Crippen MR) is 93.1 cm³/mol. The molecule has 2 aromatic rings. The Morgan fingerprint density at radius 1 is 1.33 bits per heavy atom. The van der Waals surface area contributed by atoms with E-state index in [2.05, 4.69) is 10.3 Å². The molecule has 0 spiro atoms. The molecule has 2 rings (SSSR count). The number of aromatic nitrogens is 1. The molecule has 1 atom stereocenters. The minimum absolute atomic E-state index is 0.371. The number of ether oxygens (including phenoxy) is 2. The normalized spacial score (nSPS) is 11.7. The molecule has 1 N–H and O–H groups in total. The van der Waals surface area contributed by atoms with Gasteiger partial charge >= 0.3 is 5.97 Å². The van der Waals surface area contributed by atoms with E-state index in [1.807, 2.05) is 0 Å². The van der Waals surface area contributed by atoms with Gasteiger partial charge in [-0.3, -0.25) is 4.79 Å². The van der Waals surface area contributed by atoms with Gasteiger partial charge in [-0.05, 0) is 39.0 Å². The lowest BCUT2D eigenvalue weighted by Crippen LogP contribution is -2.30. The molecule has 6 nitrogen and oxygen atoms in total. The summed E-state index contributed by atoms with van der Waals surface area (Å²) in [7, 11) is 1.50. The molecule has 0 saturated heterocycles. The van der Waals surface area contributed by atoms with Gasteiger partial charge in [-0.2, -0.15) is 0 Å². The average Bonchev–Trinajstić information content (AvgIpc) is 2.86. The van der Waals surface area contributed by atoms with Crippen LogP contribution in [0.5, 0.6) is 5.75 Å². The number of anilines is 1. The van der Waals surface area contributed by atoms with Gasteiger partial charge in [-0.1, -0.05) is 11.6 Å². The molecular weight excluding hydrogens is 352 g/mol. The molecule has 24 heavy (non-hydrogen) atoms. The first-order valence-corrected chi connectivity index (χ1v) is 8.30. The highest BCUT2D eigenvalue weighted by Crippen LogP contribution is 2.27. The van der Waals surface area contributed by atoms with Crippen molar-refractivity contribution in [1.82, 2.24) is 4.98 Å². The summed E-state index contributed by atoms with van der Waals surface area (Å²) in [5.74, 6) is -0.512. The zero-order chi connectivity index (χ0) is 17.9. The Kier molecular flexibility index (Phi) is 5.80. The van der Waals surface area contributed by atoms with E-state index in [1.54, 1.807) is 32.0 Å². The fraction of sp³-hybridized carbons (Fsp3) is 0.312. The van der Waals surface area contributed by atoms with Crippen LogP contribution in [0, 0.1) is 13.8 Å². The van der Waals surface area contributed by atoms with Gasteiger partial charge in [0.15, 0.2) is 6.10 Å². The molecule has 1 heterocycles. The maximum Gasteiger partial charge on any atom is 0.351 e. The molecule has 128 valence electrons. The predicted octanol–water partition coefficient (Wildman–Crippen LogP) is 3.61. The number of nitrogens with zero attached hydrogens (tertiary/aromatic N) is 1. The minimum atomic E-state index is -0.958. The molecule has 0 saturated carbocycles. The van der Waals surface area contributed by atoms with E-state index in [0.29, 0.717) is 27.0 Å². The number of rotatable bonds is 5. The monoisotopic (exact) mass is 368 g/mol. The van der Waals surface area contributed by atoms with Crippen molar-refractivity contribution in [3.05, 3.63) is 38.8 Å². The number of aryl methyl sites for hydroxylation is 2. The number of esters is 1. The standard InChI is InChI=1S/C16H17ClN2O4S/c1-8-14(24-10(3)18-8)16(21)23-9(2)15(20)19-11-5-6-13(22-4)12(17)7-11/h5-7,9H,1-4H3,(H,19,20)/t9-/m1/s1. The number of halogens is 1. The highest BCUT2D eigenvalue weighted by molar-refractivity contribution is 7.13. The van der Waals surface area contributed by atoms with E-state index in [0.717, 1.165) is 5.01 Å². The summed E-state index contributed by atoms with van der Waals surface area (Å²) in [6, 6.07) is 4.84. The smallest absolute Gasteiger partial charge is 0.351 e. The van der Waals surface area contributed by atoms with Crippen LogP contribution in [0.25, 0.3) is 0 Å². The van der Waals surface area contributed by atoms with Gasteiger partial charge in [0.2, 0.25) is 0 Å². The Bertz CT molecular complexity index is 775. The first-order valence-electron chi connectivity index (χ1n) is 7.11. The Morgan fingerprint density at radius 3 is 2.58 bits per heavy atom. The molecule has 0 fully saturated rings. The van der Waals surface area contributed by atoms with Crippen LogP contribution in [-0.2, 0) is 9.53 Å². The summed E-state index contributed by atoms with van der Waals surface area (Å²) in [6.45, 7) is 5.03. The third kappa shape index (κ3) is 4.24. The third-order valence-electron chi connectivity index (χ3n) is 3.16. The minimum Gasteiger partial charge on any atom is -0.495 e. The second-order valence-corrected chi connectivity index (χ2v) is 6.64. The Balaban J connectivity index is 2.00. The van der Waals surface area contributed by atoms with E-state index in [-0.39, 0.29) is 0 Å². The summed E-state index contributed by atoms with van der Waals surface area (Å²) in [5, 5.41) is 3.78. The molecule has 8 heteroatoms. The Morgan fingerprint density at radius 2 is 2.04 bits per heavy atom. The summed E-state index contributed by atoms with van der Waals surface area (Å²) < 4.78 is 10.2. The van der Waals surface area contributed by atoms with Gasteiger partial charge in [-0.15, -0.1) is 11.3 Å². The molecule has 1 aromatic heterocycles. The van der Waals surface area contributed by atoms with E-state index in [9.17, 15) is 9.59 Å². The summed E-state index contributed by atoms with van der Waals surface area (Å²) in [5.41, 5.74) is 1.08. The van der Waals surface area contributed by atoms with Crippen LogP contribution in [0.15, 0.2) is 18.2 Å². The fourth-order valence-corrected chi connectivity index (χ4v) is 3.04. The summed E-state index contributed by atoms with van der Waals surface area (Å²) in [6.07, 6.45) is -0.958. The maximum atomic E-state index is 12.2. The SMILES string of the molecule is COc1ccc(NC(=O)[C@@H](C)OC(=O)c2sc(C)nc2C)cc1Cl. The molecule has 0 aliphatic heterocycles. The van der Waals surface area contributed by atoms with E-state index in [4.69, 9.17) is 21.1 Å². The van der Waals surface area contributed by atoms with Gasteiger partial charge < -0.3 is 14.8 Å². The first kappa shape index (κ1) is 18.2. The number of methoxy groups -OCH3 is 1. The fourth-order valence-electron chi connectivity index (χ4n) is 1.98. The average molecular weight is 369 g/mol. The van der Waals surface area contributed by atoms with Crippen LogP contribution < -0.4 is 10.1 Å². The Labute approximate surface area is 148 Å². The number of hydrogen-bond donors (Lipinski definition) is 1. The number of benzene rings is 1. The number of carbonyl (C=O) groups is 2. The van der Waals surface area contributed by atoms with Crippen molar-refractivity contribution in [3.63, 3.8) is 0 Å². The number of hydrogen-bond acceptors (Lipinski definition) is 6. The number of carbonyl (C=O) groups excluding carboxylic acids is 2. The van der Waals surface area contributed by atoms with Crippen molar-refractivity contribution in [1.29, 1.82) is 0 Å². The van der Waals surface area contributed by atoms with E-state index in [1.165, 1.54) is 25.4 Å². The lowest BCUT2D eigenvalue weighted by atomic mass is 10.2. The lowest BCUT2D eigenvalue weighted by Gasteiger charge is -2.14. The molecule has 0 aliphatic carbocycles. The van der Waals surface area contributed by atoms with Crippen molar-refractivity contribution in [2.75, 3.05) is 12.4 Å². The molecule has 1 amide bonds. The number of thiazole rings is 1. The Hall–Kier alpha value is -2.12. The van der Waals surface area contributed by atoms with Gasteiger partial charge in [0.1, 0.15) is 10.6 Å². The molecule has 0 bridgehead atoms. The van der Waals surface area contributed by atoms with Crippen molar-refractivity contribution < 1.29 is 19.1 Å². The maximum absolute atomic E-state index is 12.2. The molecular formula is C16H17ClN2O4S. The van der Waals surface area contributed by atoms with E-state index < -0.39 is 18.0 Å². The summed E-state index contributed by atoms with van der Waals surface area (Å²) >= 11 is 7.25. The zero-order valence-electron chi connectivity index (χ0n) is 13.7. The van der Waals surface area contributed by atoms with Gasteiger partial charge in [0.05, 0.1) is 22.8 Å². The number of nitrogens with one attached hydrogen (secondary N) is 1. The van der Waals surface area contributed by atoms with Crippen LogP contribution in [0.3, 0.4) is 0 Å². The van der Waals surface area contributed by atoms with Crippen LogP contribution in [0.4, 0.5) is 5.69 Å². The van der Waals surface area contributed by atoms with Crippen LogP contribution in [0.2, 0.25) is 5.02 Å². The third-order valence-corrected chi connectivity index (χ3v) is 4.51. The molecule has 1 aromatic carbocycles. The highest BCUT2D eigenvalue weighted by Gasteiger charge is 2.22. The van der Waals surface area contributed by atoms with Crippen molar-refractivity contribution in [2.45, 2.75) is 26.9 Å². The first-order chi connectivity index (χ1) is 11.3. The molecule has 0 radical (unpaired) electrons. The van der Waals surface area contributed by atoms with Crippen LogP contribution in [0.1, 0.15) is 27.3 Å². The van der Waals surface area contributed by atoms with Crippen LogP contribution in [-0.4, -0.2) is 30.1 Å².